The molecular formula is C13H12F3N5O3S. The molecule has 1 amide bonds. The zero-order valence-electron chi connectivity index (χ0n) is 13.0. The lowest BCUT2D eigenvalue weighted by molar-refractivity contribution is -0.388. The highest BCUT2D eigenvalue weighted by Crippen LogP contribution is 2.38. The quantitative estimate of drug-likeness (QED) is 0.636. The van der Waals surface area contributed by atoms with Gasteiger partial charge in [-0.1, -0.05) is 0 Å². The number of nitrogens with one attached hydrogen (secondary N) is 1. The number of halogens is 3. The average molecular weight is 375 g/mol. The van der Waals surface area contributed by atoms with Gasteiger partial charge in [0.2, 0.25) is 5.91 Å². The van der Waals surface area contributed by atoms with Gasteiger partial charge in [-0.25, -0.2) is 0 Å². The largest absolute Gasteiger partial charge is 0.416 e. The summed E-state index contributed by atoms with van der Waals surface area (Å²) in [5.74, 6) is 0.128. The van der Waals surface area contributed by atoms with Crippen molar-refractivity contribution in [3.05, 3.63) is 39.7 Å². The molecule has 0 saturated heterocycles. The van der Waals surface area contributed by atoms with Gasteiger partial charge >= 0.3 is 6.18 Å². The second-order valence-electron chi connectivity index (χ2n) is 4.91. The summed E-state index contributed by atoms with van der Waals surface area (Å²) in [5, 5.41) is 21.5. The van der Waals surface area contributed by atoms with Crippen LogP contribution in [0, 0.1) is 10.1 Å². The lowest BCUT2D eigenvalue weighted by Gasteiger charge is -2.08. The second kappa shape index (κ2) is 7.09. The molecule has 0 unspecified atom stereocenters. The van der Waals surface area contributed by atoms with Crippen molar-refractivity contribution in [1.82, 2.24) is 20.1 Å². The Morgan fingerprint density at radius 2 is 2.08 bits per heavy atom. The Kier molecular flexibility index (Phi) is 5.30. The molecule has 0 saturated carbocycles. The van der Waals surface area contributed by atoms with Crippen molar-refractivity contribution >= 4 is 23.4 Å². The first-order valence-electron chi connectivity index (χ1n) is 6.75. The fraction of sp³-hybridized carbons (Fsp3) is 0.308. The van der Waals surface area contributed by atoms with Gasteiger partial charge in [0, 0.05) is 20.0 Å². The minimum absolute atomic E-state index is 0.000392. The number of carbonyl (C=O) groups is 1. The molecule has 134 valence electrons. The van der Waals surface area contributed by atoms with E-state index in [9.17, 15) is 28.1 Å². The fourth-order valence-electron chi connectivity index (χ4n) is 1.81. The predicted octanol–water partition coefficient (Wildman–Crippen LogP) is 2.53. The molecule has 0 atom stereocenters. The van der Waals surface area contributed by atoms with Crippen LogP contribution in [0.5, 0.6) is 0 Å². The number of benzene rings is 1. The number of hydrogen-bond acceptors (Lipinski definition) is 6. The number of alkyl halides is 3. The first-order chi connectivity index (χ1) is 11.6. The molecule has 0 bridgehead atoms. The number of hydrogen-bond donors (Lipinski definition) is 1. The van der Waals surface area contributed by atoms with Gasteiger partial charge in [-0.3, -0.25) is 14.9 Å². The molecule has 8 nitrogen and oxygen atoms in total. The van der Waals surface area contributed by atoms with E-state index < -0.39 is 22.4 Å². The second-order valence-corrected chi connectivity index (χ2v) is 5.92. The number of rotatable bonds is 5. The fourth-order valence-corrected chi connectivity index (χ4v) is 2.71. The summed E-state index contributed by atoms with van der Waals surface area (Å²) in [4.78, 5) is 21.1. The summed E-state index contributed by atoms with van der Waals surface area (Å²) in [6.07, 6.45) is -4.68. The van der Waals surface area contributed by atoms with Crippen LogP contribution in [0.25, 0.3) is 0 Å². The molecule has 2 aromatic rings. The Balaban J connectivity index is 2.31. The summed E-state index contributed by atoms with van der Waals surface area (Å²) in [7, 11) is 1.58. The lowest BCUT2D eigenvalue weighted by Crippen LogP contribution is -2.21. The molecule has 1 aromatic heterocycles. The van der Waals surface area contributed by atoms with Crippen molar-refractivity contribution in [1.29, 1.82) is 0 Å². The third-order valence-electron chi connectivity index (χ3n) is 3.10. The zero-order chi connectivity index (χ0) is 18.8. The van der Waals surface area contributed by atoms with Gasteiger partial charge in [-0.15, -0.1) is 10.2 Å². The van der Waals surface area contributed by atoms with E-state index in [1.54, 1.807) is 7.05 Å². The smallest absolute Gasteiger partial charge is 0.349 e. The number of nitro benzene ring substituents is 1. The molecule has 0 radical (unpaired) electrons. The monoisotopic (exact) mass is 375 g/mol. The van der Waals surface area contributed by atoms with Gasteiger partial charge in [-0.05, 0) is 23.9 Å². The average Bonchev–Trinajstić information content (AvgIpc) is 2.85. The van der Waals surface area contributed by atoms with E-state index in [4.69, 9.17) is 0 Å². The number of carbonyl (C=O) groups excluding carboxylic acids is 1. The van der Waals surface area contributed by atoms with Crippen molar-refractivity contribution < 1.29 is 22.9 Å². The molecule has 2 rings (SSSR count). The van der Waals surface area contributed by atoms with Crippen LogP contribution in [0.3, 0.4) is 0 Å². The highest BCUT2D eigenvalue weighted by Gasteiger charge is 2.33. The number of amides is 1. The van der Waals surface area contributed by atoms with Crippen LogP contribution >= 0.6 is 11.8 Å². The zero-order valence-corrected chi connectivity index (χ0v) is 13.8. The van der Waals surface area contributed by atoms with Crippen LogP contribution in [0.1, 0.15) is 18.3 Å². The van der Waals surface area contributed by atoms with Crippen molar-refractivity contribution in [3.63, 3.8) is 0 Å². The van der Waals surface area contributed by atoms with E-state index in [-0.39, 0.29) is 22.5 Å². The molecule has 0 aliphatic carbocycles. The maximum atomic E-state index is 12.7. The predicted molar refractivity (Wildman–Crippen MR) is 80.7 cm³/mol. The van der Waals surface area contributed by atoms with Crippen molar-refractivity contribution in [2.24, 2.45) is 7.05 Å². The van der Waals surface area contributed by atoms with Crippen molar-refractivity contribution in [3.8, 4) is 0 Å². The van der Waals surface area contributed by atoms with Crippen LogP contribution in [0.2, 0.25) is 0 Å². The lowest BCUT2D eigenvalue weighted by atomic mass is 10.2. The number of aromatic nitrogens is 3. The van der Waals surface area contributed by atoms with E-state index in [1.807, 2.05) is 0 Å². The SMILES string of the molecule is CC(=O)NCc1nnc(Sc2ccc(C(F)(F)F)cc2[N+](=O)[O-])n1C. The summed E-state index contributed by atoms with van der Waals surface area (Å²) < 4.78 is 39.6. The van der Waals surface area contributed by atoms with E-state index in [0.717, 1.165) is 23.9 Å². The van der Waals surface area contributed by atoms with Crippen LogP contribution in [-0.4, -0.2) is 25.6 Å². The molecule has 0 fully saturated rings. The van der Waals surface area contributed by atoms with E-state index >= 15 is 0 Å². The highest BCUT2D eigenvalue weighted by atomic mass is 32.2. The Morgan fingerprint density at radius 1 is 1.40 bits per heavy atom. The topological polar surface area (TPSA) is 103 Å². The first-order valence-corrected chi connectivity index (χ1v) is 7.57. The Hall–Kier alpha value is -2.63. The summed E-state index contributed by atoms with van der Waals surface area (Å²) in [6, 6.07) is 2.27. The van der Waals surface area contributed by atoms with E-state index in [0.29, 0.717) is 11.9 Å². The van der Waals surface area contributed by atoms with Crippen LogP contribution in [-0.2, 0) is 24.6 Å². The Morgan fingerprint density at radius 3 is 2.64 bits per heavy atom. The van der Waals surface area contributed by atoms with Crippen LogP contribution in [0.4, 0.5) is 18.9 Å². The maximum absolute atomic E-state index is 12.7. The Bertz CT molecular complexity index is 822. The molecule has 1 N–H and O–H groups in total. The summed E-state index contributed by atoms with van der Waals surface area (Å²) in [5.41, 5.74) is -1.78. The maximum Gasteiger partial charge on any atom is 0.416 e. The van der Waals surface area contributed by atoms with Gasteiger partial charge in [0.05, 0.1) is 21.9 Å². The molecular weight excluding hydrogens is 363 g/mol. The molecule has 25 heavy (non-hydrogen) atoms. The van der Waals surface area contributed by atoms with Gasteiger partial charge in [0.25, 0.3) is 5.69 Å². The first kappa shape index (κ1) is 18.7. The molecule has 0 spiro atoms. The van der Waals surface area contributed by atoms with Crippen LogP contribution < -0.4 is 5.32 Å². The third-order valence-corrected chi connectivity index (χ3v) is 4.21. The standard InChI is InChI=1S/C13H12F3N5O3S/c1-7(22)17-6-11-18-19-12(20(11)2)25-10-4-3-8(13(14,15)16)5-9(10)21(23)24/h3-5H,6H2,1-2H3,(H,17,22). The number of nitro groups is 1. The van der Waals surface area contributed by atoms with Gasteiger partial charge < -0.3 is 9.88 Å². The minimum Gasteiger partial charge on any atom is -0.349 e. The molecule has 1 aromatic carbocycles. The minimum atomic E-state index is -4.68. The third kappa shape index (κ3) is 4.47. The van der Waals surface area contributed by atoms with E-state index in [1.165, 1.54) is 11.5 Å². The molecule has 0 aliphatic rings. The van der Waals surface area contributed by atoms with Gasteiger partial charge in [0.15, 0.2) is 11.0 Å². The number of nitrogens with zero attached hydrogens (tertiary/aromatic N) is 4. The van der Waals surface area contributed by atoms with Gasteiger partial charge in [-0.2, -0.15) is 13.2 Å². The van der Waals surface area contributed by atoms with Crippen molar-refractivity contribution in [2.45, 2.75) is 29.7 Å². The van der Waals surface area contributed by atoms with E-state index in [2.05, 4.69) is 15.5 Å². The summed E-state index contributed by atoms with van der Waals surface area (Å²) in [6.45, 7) is 1.44. The van der Waals surface area contributed by atoms with Crippen LogP contribution in [0.15, 0.2) is 28.3 Å². The highest BCUT2D eigenvalue weighted by molar-refractivity contribution is 7.99. The van der Waals surface area contributed by atoms with Gasteiger partial charge in [0.1, 0.15) is 0 Å². The van der Waals surface area contributed by atoms with Crippen molar-refractivity contribution in [2.75, 3.05) is 0 Å². The summed E-state index contributed by atoms with van der Waals surface area (Å²) >= 11 is 0.811. The molecule has 12 heteroatoms. The normalized spacial score (nSPS) is 11.4. The molecule has 0 aliphatic heterocycles. The Labute approximate surface area is 143 Å². The molecule has 1 heterocycles.